The van der Waals surface area contributed by atoms with E-state index in [2.05, 4.69) is 32.1 Å². The number of ether oxygens (including phenoxy) is 2. The van der Waals surface area contributed by atoms with Gasteiger partial charge in [0.1, 0.15) is 24.7 Å². The predicted molar refractivity (Wildman–Crippen MR) is 175 cm³/mol. The van der Waals surface area contributed by atoms with E-state index in [4.69, 9.17) is 32.7 Å². The van der Waals surface area contributed by atoms with Crippen LogP contribution in [0.4, 0.5) is 19.0 Å². The number of piperazine rings is 1. The third kappa shape index (κ3) is 11.2. The molecule has 47 heavy (non-hydrogen) atoms. The number of halogens is 5. The van der Waals surface area contributed by atoms with Crippen LogP contribution in [-0.2, 0) is 4.79 Å². The van der Waals surface area contributed by atoms with Crippen LogP contribution in [0.3, 0.4) is 0 Å². The van der Waals surface area contributed by atoms with E-state index in [0.29, 0.717) is 23.8 Å². The highest BCUT2D eigenvalue weighted by molar-refractivity contribution is 6.36. The molecule has 2 aromatic rings. The number of aliphatic imine (C=N–C) groups is 1. The number of aromatic nitrogens is 1. The van der Waals surface area contributed by atoms with Gasteiger partial charge in [0.15, 0.2) is 11.4 Å². The van der Waals surface area contributed by atoms with Gasteiger partial charge in [0.2, 0.25) is 0 Å². The maximum absolute atomic E-state index is 13.5. The number of nitrogens with one attached hydrogen (secondary N) is 2. The molecular weight excluding hydrogens is 660 g/mol. The predicted octanol–water partition coefficient (Wildman–Crippen LogP) is 5.54. The fourth-order valence-electron chi connectivity index (χ4n) is 5.07. The van der Waals surface area contributed by atoms with Crippen molar-refractivity contribution in [2.45, 2.75) is 57.3 Å². The molecule has 1 saturated carbocycles. The molecule has 1 aliphatic carbocycles. The van der Waals surface area contributed by atoms with Crippen LogP contribution >= 0.6 is 23.2 Å². The molecule has 1 aromatic carbocycles. The standard InChI is InChI=1S/C32H41Cl2F3N6O4/c1-31(2,47-27-18-26(23(33)17-24(27)34)46-16-15-43-13-11-42(3)12-14-43)30(45)41-25(21-5-4-6-21)9-10-38-28-8-7-22(19-39-28)29(44)40-20-32(35,36)37/h7-8,10,17-19,21,25H,4-6,9,11-16,20H2,1-3H3,(H,40,44)(H,41,45). The quantitative estimate of drug-likeness (QED) is 0.249. The van der Waals surface area contributed by atoms with Crippen molar-refractivity contribution in [1.29, 1.82) is 0 Å². The van der Waals surface area contributed by atoms with Gasteiger partial charge in [-0.25, -0.2) is 9.98 Å². The molecule has 2 amide bonds. The van der Waals surface area contributed by atoms with E-state index in [1.807, 2.05) is 0 Å². The van der Waals surface area contributed by atoms with Crippen LogP contribution in [-0.4, -0.2) is 104 Å². The molecular formula is C32H41Cl2F3N6O4. The van der Waals surface area contributed by atoms with E-state index in [9.17, 15) is 22.8 Å². The molecule has 15 heteroatoms. The Morgan fingerprint density at radius 1 is 1.11 bits per heavy atom. The SMILES string of the molecule is CN1CCN(CCOc2cc(OC(C)(C)C(=O)NC(CC=Nc3ccc(C(=O)NCC(F)(F)F)cn3)C3CCC3)c(Cl)cc2Cl)CC1. The summed E-state index contributed by atoms with van der Waals surface area (Å²) in [5.41, 5.74) is -1.31. The molecule has 2 N–H and O–H groups in total. The lowest BCUT2D eigenvalue weighted by atomic mass is 9.78. The van der Waals surface area contributed by atoms with Crippen molar-refractivity contribution in [1.82, 2.24) is 25.4 Å². The molecule has 0 radical (unpaired) electrons. The summed E-state index contributed by atoms with van der Waals surface area (Å²) in [5, 5.41) is 5.51. The maximum atomic E-state index is 13.5. The van der Waals surface area contributed by atoms with Crippen LogP contribution in [0.25, 0.3) is 0 Å². The maximum Gasteiger partial charge on any atom is 0.405 e. The zero-order valence-corrected chi connectivity index (χ0v) is 28.2. The zero-order chi connectivity index (χ0) is 34.2. The molecule has 2 fully saturated rings. The number of pyridine rings is 1. The van der Waals surface area contributed by atoms with Gasteiger partial charge < -0.3 is 25.0 Å². The number of benzene rings is 1. The fourth-order valence-corrected chi connectivity index (χ4v) is 5.55. The summed E-state index contributed by atoms with van der Waals surface area (Å²) in [6.45, 7) is 7.05. The average Bonchev–Trinajstić information content (AvgIpc) is 2.98. The number of carbonyl (C=O) groups is 2. The lowest BCUT2D eigenvalue weighted by Crippen LogP contribution is -2.53. The normalized spacial score (nSPS) is 17.3. The van der Waals surface area contributed by atoms with E-state index in [-0.39, 0.29) is 40.0 Å². The molecule has 1 aliphatic heterocycles. The Labute approximate surface area is 283 Å². The first-order chi connectivity index (χ1) is 22.2. The van der Waals surface area contributed by atoms with Gasteiger partial charge in [-0.2, -0.15) is 13.2 Å². The topological polar surface area (TPSA) is 108 Å². The van der Waals surface area contributed by atoms with Gasteiger partial charge in [-0.05, 0) is 57.9 Å². The Hall–Kier alpha value is -3.13. The minimum Gasteiger partial charge on any atom is -0.491 e. The van der Waals surface area contributed by atoms with Crippen molar-refractivity contribution in [3.05, 3.63) is 46.1 Å². The Morgan fingerprint density at radius 3 is 2.43 bits per heavy atom. The average molecular weight is 702 g/mol. The van der Waals surface area contributed by atoms with E-state index < -0.39 is 24.2 Å². The van der Waals surface area contributed by atoms with Crippen molar-refractivity contribution in [2.75, 3.05) is 52.9 Å². The summed E-state index contributed by atoms with van der Waals surface area (Å²) in [5.74, 6) is 0.0103. The van der Waals surface area contributed by atoms with Crippen LogP contribution in [0.1, 0.15) is 49.9 Å². The number of hydrogen-bond acceptors (Lipinski definition) is 8. The Bertz CT molecular complexity index is 1400. The second-order valence-electron chi connectivity index (χ2n) is 12.3. The van der Waals surface area contributed by atoms with Gasteiger partial charge in [-0.3, -0.25) is 14.5 Å². The molecule has 1 atom stereocenters. The van der Waals surface area contributed by atoms with Crippen LogP contribution < -0.4 is 20.1 Å². The molecule has 10 nitrogen and oxygen atoms in total. The third-order valence-corrected chi connectivity index (χ3v) is 8.83. The number of carbonyl (C=O) groups excluding carboxylic acids is 2. The second kappa shape index (κ2) is 16.3. The lowest BCUT2D eigenvalue weighted by Gasteiger charge is -2.36. The lowest BCUT2D eigenvalue weighted by molar-refractivity contribution is -0.135. The minimum absolute atomic E-state index is 0.0137. The van der Waals surface area contributed by atoms with E-state index in [1.54, 1.807) is 37.5 Å². The highest BCUT2D eigenvalue weighted by Crippen LogP contribution is 2.38. The summed E-state index contributed by atoms with van der Waals surface area (Å²) in [6, 6.07) is 5.72. The largest absolute Gasteiger partial charge is 0.491 e. The van der Waals surface area contributed by atoms with Crippen LogP contribution in [0.5, 0.6) is 11.5 Å². The monoisotopic (exact) mass is 700 g/mol. The molecule has 258 valence electrons. The van der Waals surface area contributed by atoms with Crippen molar-refractivity contribution in [3.63, 3.8) is 0 Å². The highest BCUT2D eigenvalue weighted by Gasteiger charge is 2.36. The van der Waals surface area contributed by atoms with Crippen molar-refractivity contribution in [3.8, 4) is 11.5 Å². The van der Waals surface area contributed by atoms with Crippen LogP contribution in [0.2, 0.25) is 10.0 Å². The van der Waals surface area contributed by atoms with Crippen molar-refractivity contribution >= 4 is 47.0 Å². The minimum atomic E-state index is -4.51. The Morgan fingerprint density at radius 2 is 1.81 bits per heavy atom. The summed E-state index contributed by atoms with van der Waals surface area (Å²) in [6.07, 6.45) is 1.67. The molecule has 2 heterocycles. The fraction of sp³-hybridized carbons (Fsp3) is 0.562. The zero-order valence-electron chi connectivity index (χ0n) is 26.7. The smallest absolute Gasteiger partial charge is 0.405 e. The van der Waals surface area contributed by atoms with Crippen molar-refractivity contribution < 1.29 is 32.2 Å². The van der Waals surface area contributed by atoms with E-state index >= 15 is 0 Å². The first kappa shape index (κ1) is 36.7. The van der Waals surface area contributed by atoms with Gasteiger partial charge in [-0.15, -0.1) is 0 Å². The summed E-state index contributed by atoms with van der Waals surface area (Å²) in [4.78, 5) is 38.4. The second-order valence-corrected chi connectivity index (χ2v) is 13.2. The number of amides is 2. The van der Waals surface area contributed by atoms with Gasteiger partial charge in [0, 0.05) is 63.7 Å². The number of likely N-dealkylation sites (N-methyl/N-ethyl adjacent to an activating group) is 1. The van der Waals surface area contributed by atoms with Gasteiger partial charge in [0.25, 0.3) is 11.8 Å². The number of alkyl halides is 3. The Balaban J connectivity index is 1.32. The van der Waals surface area contributed by atoms with Crippen LogP contribution in [0.15, 0.2) is 35.5 Å². The van der Waals surface area contributed by atoms with E-state index in [0.717, 1.165) is 58.2 Å². The number of rotatable bonds is 14. The molecule has 1 unspecified atom stereocenters. The highest BCUT2D eigenvalue weighted by atomic mass is 35.5. The van der Waals surface area contributed by atoms with Gasteiger partial charge >= 0.3 is 6.18 Å². The Kier molecular flexibility index (Phi) is 12.7. The first-order valence-corrected chi connectivity index (χ1v) is 16.3. The van der Waals surface area contributed by atoms with Gasteiger partial charge in [-0.1, -0.05) is 29.6 Å². The molecule has 4 rings (SSSR count). The molecule has 1 aromatic heterocycles. The third-order valence-electron chi connectivity index (χ3n) is 8.24. The molecule has 0 bridgehead atoms. The summed E-state index contributed by atoms with van der Waals surface area (Å²) < 4.78 is 49.2. The summed E-state index contributed by atoms with van der Waals surface area (Å²) >= 11 is 12.9. The van der Waals surface area contributed by atoms with Gasteiger partial charge in [0.05, 0.1) is 15.6 Å². The van der Waals surface area contributed by atoms with E-state index in [1.165, 1.54) is 12.1 Å². The molecule has 2 aliphatic rings. The number of nitrogens with zero attached hydrogens (tertiary/aromatic N) is 4. The number of hydrogen-bond donors (Lipinski definition) is 2. The van der Waals surface area contributed by atoms with Crippen LogP contribution in [0, 0.1) is 5.92 Å². The summed E-state index contributed by atoms with van der Waals surface area (Å²) in [7, 11) is 2.11. The molecule has 0 spiro atoms. The van der Waals surface area contributed by atoms with Crippen molar-refractivity contribution in [2.24, 2.45) is 10.9 Å². The molecule has 1 saturated heterocycles. The first-order valence-electron chi connectivity index (χ1n) is 15.6.